The molecular weight excluding hydrogens is 384 g/mol. The third-order valence-electron chi connectivity index (χ3n) is 5.08. The molecule has 0 spiro atoms. The Labute approximate surface area is 174 Å². The summed E-state index contributed by atoms with van der Waals surface area (Å²) in [6.07, 6.45) is -0.0715. The predicted octanol–water partition coefficient (Wildman–Crippen LogP) is 3.23. The molecule has 0 bridgehead atoms. The van der Waals surface area contributed by atoms with Gasteiger partial charge in [0, 0.05) is 19.0 Å². The maximum absolute atomic E-state index is 12.3. The fourth-order valence-electron chi connectivity index (χ4n) is 3.33. The summed E-state index contributed by atoms with van der Waals surface area (Å²) in [6.45, 7) is 4.19. The van der Waals surface area contributed by atoms with Gasteiger partial charge in [0.05, 0.1) is 11.9 Å². The second-order valence-corrected chi connectivity index (χ2v) is 7.13. The number of para-hydroxylation sites is 2. The Balaban J connectivity index is 1.49. The highest BCUT2D eigenvalue weighted by Gasteiger charge is 2.20. The number of ether oxygens (including phenoxy) is 1. The largest absolute Gasteiger partial charge is 0.452 e. The first-order valence-electron chi connectivity index (χ1n) is 10.1. The van der Waals surface area contributed by atoms with Gasteiger partial charge in [0.15, 0.2) is 11.7 Å². The van der Waals surface area contributed by atoms with Gasteiger partial charge in [-0.2, -0.15) is 0 Å². The highest BCUT2D eigenvalue weighted by molar-refractivity contribution is 5.83. The van der Waals surface area contributed by atoms with Crippen molar-refractivity contribution in [2.75, 3.05) is 6.54 Å². The van der Waals surface area contributed by atoms with Crippen LogP contribution in [0.4, 0.5) is 0 Å². The molecule has 7 nitrogen and oxygen atoms in total. The van der Waals surface area contributed by atoms with E-state index in [-0.39, 0.29) is 24.8 Å². The highest BCUT2D eigenvalue weighted by Crippen LogP contribution is 2.18. The molecular formula is C23H26N2O5. The summed E-state index contributed by atoms with van der Waals surface area (Å²) in [4.78, 5) is 36.5. The highest BCUT2D eigenvalue weighted by atomic mass is 16.5. The second kappa shape index (κ2) is 9.91. The second-order valence-electron chi connectivity index (χ2n) is 7.13. The van der Waals surface area contributed by atoms with Crippen molar-refractivity contribution in [2.24, 2.45) is 0 Å². The first-order valence-corrected chi connectivity index (χ1v) is 10.1. The zero-order valence-electron chi connectivity index (χ0n) is 17.2. The van der Waals surface area contributed by atoms with Crippen LogP contribution in [0.25, 0.3) is 11.1 Å². The van der Waals surface area contributed by atoms with Crippen molar-refractivity contribution in [3.63, 3.8) is 0 Å². The maximum atomic E-state index is 12.3. The van der Waals surface area contributed by atoms with Crippen molar-refractivity contribution < 1.29 is 18.7 Å². The number of nitrogens with zero attached hydrogens (tertiary/aromatic N) is 1. The number of fused-ring (bicyclic) bond motifs is 1. The van der Waals surface area contributed by atoms with Crippen LogP contribution in [0.5, 0.6) is 0 Å². The molecule has 30 heavy (non-hydrogen) atoms. The standard InChI is InChI=1S/C23H26N2O5/c1-3-17(18-9-5-4-6-10-18)15-24-22(27)16(2)29-21(26)13-14-25-19-11-7-8-12-20(19)30-23(25)28/h4-12,16-17H,3,13-15H2,1-2H3,(H,24,27)/t16-,17+/m0/s1. The number of oxazole rings is 1. The van der Waals surface area contributed by atoms with Gasteiger partial charge in [-0.3, -0.25) is 14.2 Å². The van der Waals surface area contributed by atoms with Crippen LogP contribution in [0.2, 0.25) is 0 Å². The number of hydrogen-bond donors (Lipinski definition) is 1. The van der Waals surface area contributed by atoms with E-state index in [2.05, 4.69) is 12.2 Å². The third kappa shape index (κ3) is 5.17. The number of hydrogen-bond acceptors (Lipinski definition) is 5. The van der Waals surface area contributed by atoms with Crippen LogP contribution in [0.15, 0.2) is 63.8 Å². The molecule has 3 aromatic rings. The molecule has 0 fully saturated rings. The van der Waals surface area contributed by atoms with E-state index >= 15 is 0 Å². The molecule has 0 aliphatic heterocycles. The Hall–Kier alpha value is -3.35. The summed E-state index contributed by atoms with van der Waals surface area (Å²) >= 11 is 0. The lowest BCUT2D eigenvalue weighted by Crippen LogP contribution is -2.38. The molecule has 0 saturated heterocycles. The lowest BCUT2D eigenvalue weighted by molar-refractivity contribution is -0.155. The molecule has 1 N–H and O–H groups in total. The Bertz CT molecular complexity index is 1050. The monoisotopic (exact) mass is 410 g/mol. The van der Waals surface area contributed by atoms with Crippen molar-refractivity contribution in [2.45, 2.75) is 45.3 Å². The van der Waals surface area contributed by atoms with E-state index in [9.17, 15) is 14.4 Å². The Kier molecular flexibility index (Phi) is 7.06. The molecule has 2 aromatic carbocycles. The van der Waals surface area contributed by atoms with E-state index < -0.39 is 17.8 Å². The van der Waals surface area contributed by atoms with Gasteiger partial charge in [-0.15, -0.1) is 0 Å². The van der Waals surface area contributed by atoms with Gasteiger partial charge in [0.2, 0.25) is 0 Å². The first kappa shape index (κ1) is 21.4. The van der Waals surface area contributed by atoms with Gasteiger partial charge in [-0.05, 0) is 31.0 Å². The molecule has 1 aromatic heterocycles. The average molecular weight is 410 g/mol. The minimum atomic E-state index is -0.913. The summed E-state index contributed by atoms with van der Waals surface area (Å²) in [5, 5.41) is 2.85. The van der Waals surface area contributed by atoms with Crippen LogP contribution < -0.4 is 11.1 Å². The zero-order chi connectivity index (χ0) is 21.5. The van der Waals surface area contributed by atoms with Gasteiger partial charge in [0.25, 0.3) is 5.91 Å². The van der Waals surface area contributed by atoms with Crippen molar-refractivity contribution >= 4 is 23.0 Å². The summed E-state index contributed by atoms with van der Waals surface area (Å²) in [7, 11) is 0. The maximum Gasteiger partial charge on any atom is 0.419 e. The molecule has 0 saturated carbocycles. The number of carbonyl (C=O) groups is 2. The smallest absolute Gasteiger partial charge is 0.419 e. The minimum Gasteiger partial charge on any atom is -0.452 e. The molecule has 0 radical (unpaired) electrons. The molecule has 2 atom stereocenters. The average Bonchev–Trinajstić information content (AvgIpc) is 3.08. The number of amides is 1. The topological polar surface area (TPSA) is 90.5 Å². The quantitative estimate of drug-likeness (QED) is 0.547. The molecule has 1 amide bonds. The van der Waals surface area contributed by atoms with E-state index in [1.165, 1.54) is 11.5 Å². The normalized spacial score (nSPS) is 13.0. The Morgan fingerprint density at radius 2 is 1.80 bits per heavy atom. The van der Waals surface area contributed by atoms with Crippen molar-refractivity contribution in [1.82, 2.24) is 9.88 Å². The fourth-order valence-corrected chi connectivity index (χ4v) is 3.33. The molecule has 0 unspecified atom stereocenters. The van der Waals surface area contributed by atoms with Crippen LogP contribution in [0.3, 0.4) is 0 Å². The first-order chi connectivity index (χ1) is 14.5. The number of nitrogens with one attached hydrogen (secondary N) is 1. The lowest BCUT2D eigenvalue weighted by Gasteiger charge is -2.18. The van der Waals surface area contributed by atoms with Gasteiger partial charge in [0.1, 0.15) is 0 Å². The summed E-state index contributed by atoms with van der Waals surface area (Å²) in [5.41, 5.74) is 2.24. The molecule has 1 heterocycles. The molecule has 0 aliphatic carbocycles. The number of esters is 1. The van der Waals surface area contributed by atoms with Gasteiger partial charge < -0.3 is 14.5 Å². The summed E-state index contributed by atoms with van der Waals surface area (Å²) in [5.74, 6) is -1.23. The van der Waals surface area contributed by atoms with E-state index in [1.807, 2.05) is 30.3 Å². The Morgan fingerprint density at radius 3 is 2.53 bits per heavy atom. The SMILES string of the molecule is CC[C@H](CNC(=O)[C@H](C)OC(=O)CCn1c(=O)oc2ccccc21)c1ccccc1. The van der Waals surface area contributed by atoms with Crippen molar-refractivity contribution in [1.29, 1.82) is 0 Å². The van der Waals surface area contributed by atoms with E-state index in [1.54, 1.807) is 24.3 Å². The molecule has 7 heteroatoms. The van der Waals surface area contributed by atoms with Crippen molar-refractivity contribution in [3.05, 3.63) is 70.7 Å². The van der Waals surface area contributed by atoms with Crippen LogP contribution in [-0.4, -0.2) is 29.1 Å². The van der Waals surface area contributed by atoms with E-state index in [0.717, 1.165) is 12.0 Å². The molecule has 158 valence electrons. The van der Waals surface area contributed by atoms with Crippen LogP contribution in [0, 0.1) is 0 Å². The summed E-state index contributed by atoms with van der Waals surface area (Å²) in [6, 6.07) is 17.0. The van der Waals surface area contributed by atoms with E-state index in [4.69, 9.17) is 9.15 Å². The number of aryl methyl sites for hydroxylation is 1. The zero-order valence-corrected chi connectivity index (χ0v) is 17.2. The predicted molar refractivity (Wildman–Crippen MR) is 113 cm³/mol. The fraction of sp³-hybridized carbons (Fsp3) is 0.348. The number of benzene rings is 2. The van der Waals surface area contributed by atoms with Gasteiger partial charge in [-0.1, -0.05) is 49.4 Å². The van der Waals surface area contributed by atoms with E-state index in [0.29, 0.717) is 17.6 Å². The van der Waals surface area contributed by atoms with Crippen LogP contribution >= 0.6 is 0 Å². The van der Waals surface area contributed by atoms with Crippen molar-refractivity contribution in [3.8, 4) is 0 Å². The molecule has 3 rings (SSSR count). The van der Waals surface area contributed by atoms with Gasteiger partial charge in [-0.25, -0.2) is 4.79 Å². The minimum absolute atomic E-state index is 0.0390. The number of aromatic nitrogens is 1. The Morgan fingerprint density at radius 1 is 1.10 bits per heavy atom. The lowest BCUT2D eigenvalue weighted by atomic mass is 9.96. The molecule has 0 aliphatic rings. The van der Waals surface area contributed by atoms with Crippen LogP contribution in [-0.2, 0) is 20.9 Å². The number of carbonyl (C=O) groups excluding carboxylic acids is 2. The third-order valence-corrected chi connectivity index (χ3v) is 5.08. The number of rotatable bonds is 9. The summed E-state index contributed by atoms with van der Waals surface area (Å²) < 4.78 is 11.8. The van der Waals surface area contributed by atoms with Crippen LogP contribution in [0.1, 0.15) is 38.2 Å². The van der Waals surface area contributed by atoms with Gasteiger partial charge >= 0.3 is 11.7 Å².